The number of aliphatic hydroxyl groups is 3. The average molecular weight is 616 g/mol. The number of fused-ring (bicyclic) bond motifs is 1. The maximum Gasteiger partial charge on any atom is 0.339 e. The third kappa shape index (κ3) is 5.29. The van der Waals surface area contributed by atoms with Crippen LogP contribution >= 0.6 is 0 Å². The lowest BCUT2D eigenvalue weighted by Gasteiger charge is -2.41. The molecule has 1 aliphatic heterocycles. The first-order chi connectivity index (χ1) is 20.8. The Balaban J connectivity index is 1.63. The number of aliphatic hydroxyl groups excluding tert-OH is 3. The van der Waals surface area contributed by atoms with Gasteiger partial charge in [0.15, 0.2) is 40.6 Å². The van der Waals surface area contributed by atoms with E-state index in [1.54, 1.807) is 0 Å². The summed E-state index contributed by atoms with van der Waals surface area (Å²) in [5.41, 5.74) is -2.05. The van der Waals surface area contributed by atoms with Gasteiger partial charge in [0.05, 0.1) is 12.2 Å². The molecule has 5 rings (SSSR count). The van der Waals surface area contributed by atoms with Crippen LogP contribution in [0.2, 0.25) is 0 Å². The number of rotatable bonds is 6. The molecule has 2 unspecified atom stereocenters. The Kier molecular flexibility index (Phi) is 7.75. The number of aromatic hydroxyl groups is 7. The van der Waals surface area contributed by atoms with Gasteiger partial charge in [-0.05, 0) is 30.3 Å². The predicted molar refractivity (Wildman–Crippen MR) is 144 cm³/mol. The Morgan fingerprint density at radius 2 is 1.50 bits per heavy atom. The maximum absolute atomic E-state index is 13.7. The summed E-state index contributed by atoms with van der Waals surface area (Å²) in [5.74, 6) is -7.70. The second-order valence-corrected chi connectivity index (χ2v) is 9.69. The standard InChI is InChI=1S/C28H24O16/c29-8-18-21(37)23(39)26(43-27(40)10-4-15(34)20(36)16(35)5-10)28(42-18)44-25-22(38)19-14(33)6-11(30)7-17(19)41-24(25)9-1-2-12(31)13(32)3-9/h1-7,18,21,23,26,28-37,39H,8H2/t18?,21-,23?,26-,28+/m1/s1. The highest BCUT2D eigenvalue weighted by molar-refractivity contribution is 5.91. The third-order valence-corrected chi connectivity index (χ3v) is 6.76. The van der Waals surface area contributed by atoms with Crippen LogP contribution in [0.25, 0.3) is 22.3 Å². The van der Waals surface area contributed by atoms with Crippen LogP contribution in [0.3, 0.4) is 0 Å². The summed E-state index contributed by atoms with van der Waals surface area (Å²) >= 11 is 0. The fourth-order valence-electron chi connectivity index (χ4n) is 4.54. The number of benzene rings is 3. The average Bonchev–Trinajstić information content (AvgIpc) is 2.97. The molecular formula is C28H24O16. The van der Waals surface area contributed by atoms with Gasteiger partial charge in [0, 0.05) is 17.7 Å². The Morgan fingerprint density at radius 1 is 0.818 bits per heavy atom. The highest BCUT2D eigenvalue weighted by atomic mass is 16.7. The number of esters is 1. The molecule has 0 bridgehead atoms. The van der Waals surface area contributed by atoms with Gasteiger partial charge in [0.2, 0.25) is 17.5 Å². The lowest BCUT2D eigenvalue weighted by molar-refractivity contribution is -0.276. The van der Waals surface area contributed by atoms with Crippen LogP contribution in [0.5, 0.6) is 46.0 Å². The monoisotopic (exact) mass is 616 g/mol. The minimum Gasteiger partial charge on any atom is -0.508 e. The van der Waals surface area contributed by atoms with E-state index in [4.69, 9.17) is 18.6 Å². The van der Waals surface area contributed by atoms with Gasteiger partial charge in [-0.1, -0.05) is 0 Å². The van der Waals surface area contributed by atoms with E-state index in [-0.39, 0.29) is 11.1 Å². The zero-order valence-electron chi connectivity index (χ0n) is 22.1. The van der Waals surface area contributed by atoms with E-state index in [0.717, 1.165) is 36.4 Å². The molecule has 1 aliphatic rings. The topological polar surface area (TPSA) is 277 Å². The summed E-state index contributed by atoms with van der Waals surface area (Å²) in [5, 5.41) is 99.8. The Bertz CT molecular complexity index is 1790. The molecule has 5 atom stereocenters. The van der Waals surface area contributed by atoms with Crippen molar-refractivity contribution < 1.29 is 74.5 Å². The van der Waals surface area contributed by atoms with Gasteiger partial charge in [-0.3, -0.25) is 4.79 Å². The van der Waals surface area contributed by atoms with E-state index >= 15 is 0 Å². The fraction of sp³-hybridized carbons (Fsp3) is 0.214. The minimum atomic E-state index is -2.03. The Labute approximate surface area is 244 Å². The first kappa shape index (κ1) is 30.1. The predicted octanol–water partition coefficient (Wildman–Crippen LogP) is 0.443. The zero-order valence-corrected chi connectivity index (χ0v) is 22.1. The second-order valence-electron chi connectivity index (χ2n) is 9.69. The fourth-order valence-corrected chi connectivity index (χ4v) is 4.54. The highest BCUT2D eigenvalue weighted by Crippen LogP contribution is 2.40. The van der Waals surface area contributed by atoms with Gasteiger partial charge < -0.3 is 69.7 Å². The number of ether oxygens (including phenoxy) is 3. The van der Waals surface area contributed by atoms with E-state index in [9.17, 15) is 60.7 Å². The molecule has 1 aromatic heterocycles. The number of phenols is 7. The minimum absolute atomic E-state index is 0.0872. The number of phenolic OH excluding ortho intramolecular Hbond substituents is 7. The Morgan fingerprint density at radius 3 is 2.14 bits per heavy atom. The van der Waals surface area contributed by atoms with Crippen molar-refractivity contribution in [2.45, 2.75) is 30.7 Å². The molecule has 1 fully saturated rings. The molecule has 16 nitrogen and oxygen atoms in total. The molecule has 44 heavy (non-hydrogen) atoms. The molecule has 3 aromatic carbocycles. The van der Waals surface area contributed by atoms with Crippen molar-refractivity contribution in [2.75, 3.05) is 6.61 Å². The molecule has 0 radical (unpaired) electrons. The summed E-state index contributed by atoms with van der Waals surface area (Å²) in [7, 11) is 0. The summed E-state index contributed by atoms with van der Waals surface area (Å²) in [6.45, 7) is -0.885. The summed E-state index contributed by atoms with van der Waals surface area (Å²) < 4.78 is 22.3. The first-order valence-corrected chi connectivity index (χ1v) is 12.6. The van der Waals surface area contributed by atoms with Gasteiger partial charge in [-0.25, -0.2) is 4.79 Å². The van der Waals surface area contributed by atoms with E-state index in [1.807, 2.05) is 0 Å². The number of carbonyl (C=O) groups is 1. The van der Waals surface area contributed by atoms with E-state index in [2.05, 4.69) is 0 Å². The molecule has 0 spiro atoms. The van der Waals surface area contributed by atoms with Gasteiger partial charge >= 0.3 is 5.97 Å². The number of hydrogen-bond acceptors (Lipinski definition) is 16. The Hall–Kier alpha value is -5.42. The SMILES string of the molecule is O=C(O[C@@H]1C(O)[C@H](O)C(CO)O[C@H]1Oc1c(-c2ccc(O)c(O)c2)oc2cc(O)cc(O)c2c1=O)c1cc(O)c(O)c(O)c1. The normalized spacial score (nSPS) is 21.7. The molecule has 232 valence electrons. The zero-order chi connectivity index (χ0) is 32.0. The van der Waals surface area contributed by atoms with Gasteiger partial charge in [-0.15, -0.1) is 0 Å². The van der Waals surface area contributed by atoms with Crippen molar-refractivity contribution in [1.29, 1.82) is 0 Å². The summed E-state index contributed by atoms with van der Waals surface area (Å²) in [4.78, 5) is 26.6. The van der Waals surface area contributed by atoms with Crippen LogP contribution in [-0.2, 0) is 9.47 Å². The number of carbonyl (C=O) groups excluding carboxylic acids is 1. The van der Waals surface area contributed by atoms with Gasteiger partial charge in [-0.2, -0.15) is 0 Å². The van der Waals surface area contributed by atoms with Gasteiger partial charge in [0.25, 0.3) is 0 Å². The first-order valence-electron chi connectivity index (χ1n) is 12.6. The quantitative estimate of drug-likeness (QED) is 0.104. The largest absolute Gasteiger partial charge is 0.508 e. The van der Waals surface area contributed by atoms with Crippen molar-refractivity contribution in [1.82, 2.24) is 0 Å². The van der Waals surface area contributed by atoms with Crippen molar-refractivity contribution >= 4 is 16.9 Å². The number of hydrogen-bond donors (Lipinski definition) is 10. The molecule has 10 N–H and O–H groups in total. The highest BCUT2D eigenvalue weighted by Gasteiger charge is 2.48. The molecule has 2 heterocycles. The van der Waals surface area contributed by atoms with Gasteiger partial charge in [0.1, 0.15) is 40.8 Å². The van der Waals surface area contributed by atoms with Crippen molar-refractivity contribution in [2.24, 2.45) is 0 Å². The van der Waals surface area contributed by atoms with Crippen molar-refractivity contribution in [3.8, 4) is 57.3 Å². The molecular weight excluding hydrogens is 592 g/mol. The molecule has 1 saturated heterocycles. The van der Waals surface area contributed by atoms with E-state index in [1.165, 1.54) is 6.07 Å². The lowest BCUT2D eigenvalue weighted by atomic mass is 9.99. The molecule has 16 heteroatoms. The van der Waals surface area contributed by atoms with Crippen LogP contribution < -0.4 is 10.2 Å². The summed E-state index contributed by atoms with van der Waals surface area (Å²) in [6, 6.07) is 6.51. The summed E-state index contributed by atoms with van der Waals surface area (Å²) in [6.07, 6.45) is -9.44. The van der Waals surface area contributed by atoms with Crippen LogP contribution in [0.4, 0.5) is 0 Å². The van der Waals surface area contributed by atoms with Crippen molar-refractivity contribution in [3.63, 3.8) is 0 Å². The molecule has 4 aromatic rings. The second kappa shape index (κ2) is 11.3. The van der Waals surface area contributed by atoms with Crippen LogP contribution in [0, 0.1) is 0 Å². The lowest BCUT2D eigenvalue weighted by Crippen LogP contribution is -2.61. The van der Waals surface area contributed by atoms with Crippen molar-refractivity contribution in [3.05, 3.63) is 58.3 Å². The van der Waals surface area contributed by atoms with E-state index < -0.39 is 111 Å². The molecule has 0 aliphatic carbocycles. The van der Waals surface area contributed by atoms with Crippen LogP contribution in [0.15, 0.2) is 51.7 Å². The van der Waals surface area contributed by atoms with E-state index in [0.29, 0.717) is 0 Å². The third-order valence-electron chi connectivity index (χ3n) is 6.76. The van der Waals surface area contributed by atoms with Crippen LogP contribution in [-0.4, -0.2) is 94.3 Å². The van der Waals surface area contributed by atoms with Crippen LogP contribution in [0.1, 0.15) is 10.4 Å². The smallest absolute Gasteiger partial charge is 0.339 e. The molecule has 0 saturated carbocycles. The maximum atomic E-state index is 13.7. The molecule has 0 amide bonds.